The van der Waals surface area contributed by atoms with Gasteiger partial charge >= 0.3 is 0 Å². The van der Waals surface area contributed by atoms with Gasteiger partial charge in [-0.15, -0.1) is 0 Å². The van der Waals surface area contributed by atoms with E-state index in [0.717, 1.165) is 0 Å². The maximum absolute atomic E-state index is 11.9. The second kappa shape index (κ2) is 6.83. The Balaban J connectivity index is 3.44. The summed E-state index contributed by atoms with van der Waals surface area (Å²) in [5, 5.41) is 22.8. The summed E-state index contributed by atoms with van der Waals surface area (Å²) in [6.45, 7) is 5.07. The van der Waals surface area contributed by atoms with Crippen molar-refractivity contribution in [3.05, 3.63) is 48.0 Å². The molecule has 1 aromatic rings. The molecule has 5 heteroatoms. The number of hydrogen-bond acceptors (Lipinski definition) is 5. The fraction of sp³-hybridized carbons (Fsp3) is 0.312. The molecular weight excluding hydrogens is 272 g/mol. The van der Waals surface area contributed by atoms with Gasteiger partial charge in [-0.25, -0.2) is 0 Å². The molecule has 21 heavy (non-hydrogen) atoms. The van der Waals surface area contributed by atoms with Crippen LogP contribution in [0.1, 0.15) is 31.7 Å². The van der Waals surface area contributed by atoms with Gasteiger partial charge in [-0.2, -0.15) is 0 Å². The van der Waals surface area contributed by atoms with Gasteiger partial charge in [-0.05, 0) is 17.6 Å². The standard InChI is InChI=1S/C16H18O5/c1-3-7-13(17)10-16(15(20)21,11(2)14(18)19)12-8-5-4-6-9-12/h4-6,8-9H,2-3,7,10H2,1H3,(H,18,19)(H,20,21)/p-2. The van der Waals surface area contributed by atoms with Crippen molar-refractivity contribution in [1.82, 2.24) is 0 Å². The first-order valence-electron chi connectivity index (χ1n) is 6.55. The molecule has 112 valence electrons. The predicted octanol–water partition coefficient (Wildman–Crippen LogP) is -0.260. The van der Waals surface area contributed by atoms with Gasteiger partial charge < -0.3 is 19.8 Å². The summed E-state index contributed by atoms with van der Waals surface area (Å²) < 4.78 is 0. The third kappa shape index (κ3) is 3.37. The Bertz CT molecular complexity index is 561. The highest BCUT2D eigenvalue weighted by Gasteiger charge is 2.39. The van der Waals surface area contributed by atoms with Crippen molar-refractivity contribution >= 4 is 17.7 Å². The predicted molar refractivity (Wildman–Crippen MR) is 71.8 cm³/mol. The summed E-state index contributed by atoms with van der Waals surface area (Å²) in [6, 6.07) is 7.63. The molecule has 0 aliphatic heterocycles. The molecule has 1 unspecified atom stereocenters. The number of Topliss-reactive ketones (excluding diaryl/α,β-unsaturated/α-hetero) is 1. The van der Waals surface area contributed by atoms with Crippen LogP contribution in [0.3, 0.4) is 0 Å². The molecule has 0 aromatic heterocycles. The number of carbonyl (C=O) groups excluding carboxylic acids is 3. The van der Waals surface area contributed by atoms with Gasteiger partial charge in [0.05, 0.1) is 17.4 Å². The second-order valence-electron chi connectivity index (χ2n) is 4.79. The number of rotatable bonds is 8. The summed E-state index contributed by atoms with van der Waals surface area (Å²) in [7, 11) is 0. The van der Waals surface area contributed by atoms with E-state index >= 15 is 0 Å². The van der Waals surface area contributed by atoms with E-state index in [4.69, 9.17) is 0 Å². The maximum Gasteiger partial charge on any atom is 0.134 e. The van der Waals surface area contributed by atoms with Gasteiger partial charge in [-0.3, -0.25) is 4.79 Å². The molecule has 0 amide bonds. The van der Waals surface area contributed by atoms with E-state index in [1.165, 1.54) is 12.1 Å². The van der Waals surface area contributed by atoms with Gasteiger partial charge in [-0.1, -0.05) is 43.8 Å². The van der Waals surface area contributed by atoms with Crippen LogP contribution < -0.4 is 10.2 Å². The van der Waals surface area contributed by atoms with E-state index in [2.05, 4.69) is 6.58 Å². The zero-order valence-electron chi connectivity index (χ0n) is 11.8. The van der Waals surface area contributed by atoms with Crippen LogP contribution in [-0.4, -0.2) is 17.7 Å². The molecule has 0 radical (unpaired) electrons. The summed E-state index contributed by atoms with van der Waals surface area (Å²) in [5.41, 5.74) is -2.64. The Labute approximate surface area is 122 Å². The molecule has 0 bridgehead atoms. The fourth-order valence-electron chi connectivity index (χ4n) is 2.26. The number of hydrogen-bond donors (Lipinski definition) is 0. The minimum atomic E-state index is -2.10. The second-order valence-corrected chi connectivity index (χ2v) is 4.79. The van der Waals surface area contributed by atoms with E-state index < -0.39 is 29.3 Å². The van der Waals surface area contributed by atoms with Crippen LogP contribution in [0.2, 0.25) is 0 Å². The van der Waals surface area contributed by atoms with Crippen molar-refractivity contribution < 1.29 is 24.6 Å². The number of carboxylic acid groups (broad SMARTS) is 2. The molecule has 0 aliphatic rings. The lowest BCUT2D eigenvalue weighted by Gasteiger charge is -2.37. The van der Waals surface area contributed by atoms with Crippen LogP contribution in [-0.2, 0) is 19.8 Å². The maximum atomic E-state index is 11.9. The van der Waals surface area contributed by atoms with Crippen molar-refractivity contribution in [2.75, 3.05) is 0 Å². The molecule has 0 spiro atoms. The summed E-state index contributed by atoms with van der Waals surface area (Å²) in [5.74, 6) is -3.76. The first-order chi connectivity index (χ1) is 9.86. The quantitative estimate of drug-likeness (QED) is 0.614. The van der Waals surface area contributed by atoms with E-state index in [1.807, 2.05) is 0 Å². The Morgan fingerprint density at radius 3 is 2.14 bits per heavy atom. The van der Waals surface area contributed by atoms with Gasteiger partial charge in [0.15, 0.2) is 0 Å². The van der Waals surface area contributed by atoms with Crippen molar-refractivity contribution in [3.8, 4) is 0 Å². The highest BCUT2D eigenvalue weighted by atomic mass is 16.4. The molecule has 5 nitrogen and oxygen atoms in total. The van der Waals surface area contributed by atoms with Gasteiger partial charge in [0.1, 0.15) is 5.78 Å². The van der Waals surface area contributed by atoms with Crippen molar-refractivity contribution in [1.29, 1.82) is 0 Å². The smallest absolute Gasteiger partial charge is 0.134 e. The average molecular weight is 288 g/mol. The third-order valence-electron chi connectivity index (χ3n) is 3.37. The lowest BCUT2D eigenvalue weighted by atomic mass is 9.70. The Morgan fingerprint density at radius 2 is 1.71 bits per heavy atom. The van der Waals surface area contributed by atoms with Crippen molar-refractivity contribution in [2.45, 2.75) is 31.6 Å². The van der Waals surface area contributed by atoms with E-state index in [1.54, 1.807) is 25.1 Å². The first-order valence-corrected chi connectivity index (χ1v) is 6.55. The van der Waals surface area contributed by atoms with Gasteiger partial charge in [0, 0.05) is 12.8 Å². The Kier molecular flexibility index (Phi) is 5.41. The first kappa shape index (κ1) is 16.6. The highest BCUT2D eigenvalue weighted by Crippen LogP contribution is 2.35. The molecular formula is C16H16O5-2. The molecule has 1 rings (SSSR count). The summed E-state index contributed by atoms with van der Waals surface area (Å²) in [6.07, 6.45) is 0.177. The third-order valence-corrected chi connectivity index (χ3v) is 3.37. The van der Waals surface area contributed by atoms with Crippen LogP contribution in [0, 0.1) is 0 Å². The van der Waals surface area contributed by atoms with Crippen LogP contribution in [0.25, 0.3) is 0 Å². The summed E-state index contributed by atoms with van der Waals surface area (Å²) in [4.78, 5) is 34.8. The van der Waals surface area contributed by atoms with E-state index in [-0.39, 0.29) is 17.8 Å². The molecule has 0 fully saturated rings. The topological polar surface area (TPSA) is 97.3 Å². The lowest BCUT2D eigenvalue weighted by molar-refractivity contribution is -0.317. The largest absolute Gasteiger partial charge is 0.549 e. The van der Waals surface area contributed by atoms with Crippen LogP contribution in [0.4, 0.5) is 0 Å². The van der Waals surface area contributed by atoms with Gasteiger partial charge in [0.25, 0.3) is 0 Å². The molecule has 0 aliphatic carbocycles. The zero-order valence-corrected chi connectivity index (χ0v) is 11.8. The minimum Gasteiger partial charge on any atom is -0.549 e. The molecule has 1 aromatic carbocycles. The molecule has 0 heterocycles. The molecule has 0 saturated carbocycles. The molecule has 0 saturated heterocycles. The number of aliphatic carboxylic acids is 2. The fourth-order valence-corrected chi connectivity index (χ4v) is 2.26. The molecule has 1 atom stereocenters. The van der Waals surface area contributed by atoms with Crippen LogP contribution in [0.15, 0.2) is 42.5 Å². The monoisotopic (exact) mass is 288 g/mol. The van der Waals surface area contributed by atoms with E-state index in [0.29, 0.717) is 6.42 Å². The van der Waals surface area contributed by atoms with Crippen molar-refractivity contribution in [2.24, 2.45) is 0 Å². The number of carboxylic acids is 2. The Morgan fingerprint density at radius 1 is 1.14 bits per heavy atom. The Hall–Kier alpha value is -2.43. The summed E-state index contributed by atoms with van der Waals surface area (Å²) >= 11 is 0. The normalized spacial score (nSPS) is 13.2. The zero-order chi connectivity index (χ0) is 16.0. The number of benzene rings is 1. The minimum absolute atomic E-state index is 0.142. The SMILES string of the molecule is C=C(C(=O)[O-])C(CC(=O)CCC)(C(=O)[O-])c1ccccc1. The average Bonchev–Trinajstić information content (AvgIpc) is 2.44. The van der Waals surface area contributed by atoms with Crippen molar-refractivity contribution in [3.63, 3.8) is 0 Å². The number of carbonyl (C=O) groups is 3. The van der Waals surface area contributed by atoms with Crippen LogP contribution >= 0.6 is 0 Å². The number of ketones is 1. The van der Waals surface area contributed by atoms with Crippen LogP contribution in [0.5, 0.6) is 0 Å². The van der Waals surface area contributed by atoms with E-state index in [9.17, 15) is 24.6 Å². The lowest BCUT2D eigenvalue weighted by Crippen LogP contribution is -2.52. The highest BCUT2D eigenvalue weighted by molar-refractivity contribution is 6.01. The van der Waals surface area contributed by atoms with Gasteiger partial charge in [0.2, 0.25) is 0 Å². The molecule has 0 N–H and O–H groups in total.